The molecule has 2 aromatic heterocycles. The Labute approximate surface area is 122 Å². The maximum absolute atomic E-state index is 5.20. The molecule has 0 saturated heterocycles. The number of thiazole rings is 1. The fourth-order valence-electron chi connectivity index (χ4n) is 1.87. The minimum atomic E-state index is 0.760. The topological polar surface area (TPSA) is 25.4 Å². The van der Waals surface area contributed by atoms with Gasteiger partial charge in [0.25, 0.3) is 0 Å². The van der Waals surface area contributed by atoms with E-state index in [0.717, 1.165) is 32.7 Å². The van der Waals surface area contributed by atoms with Gasteiger partial charge in [-0.05, 0) is 17.9 Å². The minimum Gasteiger partial charge on any atom is -0.383 e. The zero-order chi connectivity index (χ0) is 13.5. The summed E-state index contributed by atoms with van der Waals surface area (Å²) in [7, 11) is 1.75. The molecular weight excluding hydrogens is 276 g/mol. The van der Waals surface area contributed by atoms with Crippen molar-refractivity contribution in [1.82, 2.24) is 9.88 Å². The number of methoxy groups -OCH3 is 1. The summed E-state index contributed by atoms with van der Waals surface area (Å²) in [5.74, 6) is 0. The Balaban J connectivity index is 1.96. The number of ether oxygens (including phenoxy) is 1. The third-order valence-corrected chi connectivity index (χ3v) is 4.76. The summed E-state index contributed by atoms with van der Waals surface area (Å²) in [5.41, 5.74) is 1.18. The standard InChI is InChI=1S/C14H20N2OS2/c1-3-14-15-12(11-19-14)9-16(6-7-17-2)10-13-5-4-8-18-13/h4-5,8,11H,3,6-7,9-10H2,1-2H3. The van der Waals surface area contributed by atoms with E-state index in [4.69, 9.17) is 4.74 Å². The van der Waals surface area contributed by atoms with Crippen molar-refractivity contribution in [3.05, 3.63) is 38.5 Å². The highest BCUT2D eigenvalue weighted by Gasteiger charge is 2.10. The molecule has 0 aromatic carbocycles. The van der Waals surface area contributed by atoms with E-state index in [9.17, 15) is 0 Å². The van der Waals surface area contributed by atoms with Gasteiger partial charge in [0, 0.05) is 37.0 Å². The third kappa shape index (κ3) is 4.69. The fourth-order valence-corrected chi connectivity index (χ4v) is 3.35. The highest BCUT2D eigenvalue weighted by atomic mass is 32.1. The molecule has 0 bridgehead atoms. The minimum absolute atomic E-state index is 0.760. The summed E-state index contributed by atoms with van der Waals surface area (Å²) >= 11 is 3.56. The first kappa shape index (κ1) is 14.7. The van der Waals surface area contributed by atoms with Gasteiger partial charge in [0.1, 0.15) is 0 Å². The molecule has 0 spiro atoms. The lowest BCUT2D eigenvalue weighted by atomic mass is 10.3. The van der Waals surface area contributed by atoms with E-state index in [1.54, 1.807) is 29.8 Å². The molecule has 0 N–H and O–H groups in total. The Bertz CT molecular complexity index is 468. The van der Waals surface area contributed by atoms with E-state index < -0.39 is 0 Å². The zero-order valence-electron chi connectivity index (χ0n) is 11.5. The van der Waals surface area contributed by atoms with Crippen molar-refractivity contribution in [1.29, 1.82) is 0 Å². The van der Waals surface area contributed by atoms with Crippen LogP contribution in [0.4, 0.5) is 0 Å². The molecule has 19 heavy (non-hydrogen) atoms. The Morgan fingerprint density at radius 3 is 2.84 bits per heavy atom. The van der Waals surface area contributed by atoms with Gasteiger partial charge in [-0.25, -0.2) is 4.98 Å². The van der Waals surface area contributed by atoms with Crippen LogP contribution in [0.2, 0.25) is 0 Å². The SMILES string of the molecule is CCc1nc(CN(CCOC)Cc2cccs2)cs1. The van der Waals surface area contributed by atoms with Crippen LogP contribution in [0.3, 0.4) is 0 Å². The Kier molecular flexibility index (Phi) is 5.97. The fraction of sp³-hybridized carbons (Fsp3) is 0.500. The van der Waals surface area contributed by atoms with Crippen LogP contribution in [0.25, 0.3) is 0 Å². The van der Waals surface area contributed by atoms with Crippen molar-refractivity contribution in [2.24, 2.45) is 0 Å². The number of hydrogen-bond acceptors (Lipinski definition) is 5. The van der Waals surface area contributed by atoms with E-state index in [1.165, 1.54) is 15.6 Å². The van der Waals surface area contributed by atoms with Crippen LogP contribution in [-0.2, 0) is 24.2 Å². The highest BCUT2D eigenvalue weighted by molar-refractivity contribution is 7.10. The molecule has 0 amide bonds. The maximum atomic E-state index is 5.20. The van der Waals surface area contributed by atoms with Crippen LogP contribution in [0.5, 0.6) is 0 Å². The first-order valence-corrected chi connectivity index (χ1v) is 8.24. The van der Waals surface area contributed by atoms with Gasteiger partial charge in [-0.1, -0.05) is 13.0 Å². The normalized spacial score (nSPS) is 11.3. The molecule has 2 rings (SSSR count). The molecule has 0 saturated carbocycles. The molecular formula is C14H20N2OS2. The monoisotopic (exact) mass is 296 g/mol. The molecule has 104 valence electrons. The van der Waals surface area contributed by atoms with E-state index in [2.05, 4.69) is 39.7 Å². The van der Waals surface area contributed by atoms with Crippen LogP contribution in [-0.4, -0.2) is 30.1 Å². The molecule has 0 unspecified atom stereocenters. The summed E-state index contributed by atoms with van der Waals surface area (Å²) in [4.78, 5) is 8.43. The molecule has 3 nitrogen and oxygen atoms in total. The molecule has 2 heterocycles. The van der Waals surface area contributed by atoms with Gasteiger partial charge in [0.2, 0.25) is 0 Å². The molecule has 0 atom stereocenters. The van der Waals surface area contributed by atoms with Gasteiger partial charge in [-0.3, -0.25) is 4.90 Å². The number of thiophene rings is 1. The summed E-state index contributed by atoms with van der Waals surface area (Å²) in [5, 5.41) is 5.52. The molecule has 0 fully saturated rings. The average molecular weight is 296 g/mol. The maximum Gasteiger partial charge on any atom is 0.0926 e. The Morgan fingerprint density at radius 2 is 2.21 bits per heavy atom. The van der Waals surface area contributed by atoms with Gasteiger partial charge in [-0.2, -0.15) is 0 Å². The number of aryl methyl sites for hydroxylation is 1. The second-order valence-corrected chi connectivity index (χ2v) is 6.34. The van der Waals surface area contributed by atoms with E-state index in [-0.39, 0.29) is 0 Å². The van der Waals surface area contributed by atoms with Crippen molar-refractivity contribution in [2.75, 3.05) is 20.3 Å². The van der Waals surface area contributed by atoms with E-state index >= 15 is 0 Å². The summed E-state index contributed by atoms with van der Waals surface area (Å²) in [6, 6.07) is 4.29. The lowest BCUT2D eigenvalue weighted by Crippen LogP contribution is -2.26. The van der Waals surface area contributed by atoms with Crippen LogP contribution in [0.1, 0.15) is 22.5 Å². The van der Waals surface area contributed by atoms with Gasteiger partial charge in [-0.15, -0.1) is 22.7 Å². The quantitative estimate of drug-likeness (QED) is 0.746. The van der Waals surface area contributed by atoms with Crippen molar-refractivity contribution >= 4 is 22.7 Å². The van der Waals surface area contributed by atoms with Crippen molar-refractivity contribution in [2.45, 2.75) is 26.4 Å². The van der Waals surface area contributed by atoms with Gasteiger partial charge >= 0.3 is 0 Å². The predicted octanol–water partition coefficient (Wildman–Crippen LogP) is 3.42. The van der Waals surface area contributed by atoms with Crippen molar-refractivity contribution in [3.63, 3.8) is 0 Å². The molecule has 5 heteroatoms. The van der Waals surface area contributed by atoms with E-state index in [0.29, 0.717) is 0 Å². The Morgan fingerprint density at radius 1 is 1.32 bits per heavy atom. The molecule has 2 aromatic rings. The van der Waals surface area contributed by atoms with Gasteiger partial charge < -0.3 is 4.74 Å². The van der Waals surface area contributed by atoms with Gasteiger partial charge in [0.15, 0.2) is 0 Å². The molecule has 0 radical (unpaired) electrons. The number of nitrogens with zero attached hydrogens (tertiary/aromatic N) is 2. The summed E-state index contributed by atoms with van der Waals surface area (Å²) in [6.07, 6.45) is 1.02. The average Bonchev–Trinajstić information content (AvgIpc) is 3.07. The second-order valence-electron chi connectivity index (χ2n) is 4.37. The smallest absolute Gasteiger partial charge is 0.0926 e. The second kappa shape index (κ2) is 7.75. The number of aromatic nitrogens is 1. The first-order chi connectivity index (χ1) is 9.31. The third-order valence-electron chi connectivity index (χ3n) is 2.86. The predicted molar refractivity (Wildman–Crippen MR) is 81.8 cm³/mol. The van der Waals surface area contributed by atoms with Gasteiger partial charge in [0.05, 0.1) is 17.3 Å². The lowest BCUT2D eigenvalue weighted by molar-refractivity contribution is 0.140. The van der Waals surface area contributed by atoms with Crippen molar-refractivity contribution < 1.29 is 4.74 Å². The zero-order valence-corrected chi connectivity index (χ0v) is 13.1. The lowest BCUT2D eigenvalue weighted by Gasteiger charge is -2.20. The number of hydrogen-bond donors (Lipinski definition) is 0. The summed E-state index contributed by atoms with van der Waals surface area (Å²) < 4.78 is 5.20. The Hall–Kier alpha value is -0.750. The van der Waals surface area contributed by atoms with Crippen LogP contribution in [0.15, 0.2) is 22.9 Å². The van der Waals surface area contributed by atoms with Crippen molar-refractivity contribution in [3.8, 4) is 0 Å². The molecule has 0 aliphatic carbocycles. The van der Waals surface area contributed by atoms with Crippen LogP contribution in [0, 0.1) is 0 Å². The number of rotatable bonds is 8. The van der Waals surface area contributed by atoms with Crippen LogP contribution < -0.4 is 0 Å². The highest BCUT2D eigenvalue weighted by Crippen LogP contribution is 2.16. The van der Waals surface area contributed by atoms with Crippen LogP contribution >= 0.6 is 22.7 Å². The largest absolute Gasteiger partial charge is 0.383 e. The summed E-state index contributed by atoms with van der Waals surface area (Å²) in [6.45, 7) is 5.72. The molecule has 0 aliphatic heterocycles. The molecule has 0 aliphatic rings. The van der Waals surface area contributed by atoms with E-state index in [1.807, 2.05) is 0 Å². The first-order valence-electron chi connectivity index (χ1n) is 6.48.